The molecule has 0 aromatic carbocycles. The molecule has 0 fully saturated rings. The van der Waals surface area contributed by atoms with Gasteiger partial charge in [-0.25, -0.2) is 0 Å². The Hall–Kier alpha value is -1.06. The van der Waals surface area contributed by atoms with Crippen molar-refractivity contribution in [3.63, 3.8) is 0 Å². The van der Waals surface area contributed by atoms with Crippen LogP contribution in [0.5, 0.6) is 0 Å². The van der Waals surface area contributed by atoms with Crippen molar-refractivity contribution >= 4 is 11.9 Å². The number of aliphatic carboxylic acids is 2. The molecular formula is C8H14O4. The Morgan fingerprint density at radius 1 is 1.25 bits per heavy atom. The number of carboxylic acid groups (broad SMARTS) is 2. The van der Waals surface area contributed by atoms with Gasteiger partial charge in [0.15, 0.2) is 0 Å². The summed E-state index contributed by atoms with van der Waals surface area (Å²) in [4.78, 5) is 20.7. The molecule has 0 aromatic heterocycles. The van der Waals surface area contributed by atoms with Gasteiger partial charge in [0.25, 0.3) is 0 Å². The highest BCUT2D eigenvalue weighted by molar-refractivity contribution is 5.72. The van der Waals surface area contributed by atoms with Crippen molar-refractivity contribution in [1.29, 1.82) is 0 Å². The van der Waals surface area contributed by atoms with Crippen molar-refractivity contribution in [2.24, 2.45) is 11.8 Å². The van der Waals surface area contributed by atoms with Gasteiger partial charge < -0.3 is 10.2 Å². The van der Waals surface area contributed by atoms with Crippen molar-refractivity contribution in [3.8, 4) is 0 Å². The SMILES string of the molecule is CC(C)[C@H](CCC(=O)O)C(=O)O. The van der Waals surface area contributed by atoms with E-state index in [1.165, 1.54) is 0 Å². The van der Waals surface area contributed by atoms with Gasteiger partial charge in [-0.2, -0.15) is 0 Å². The van der Waals surface area contributed by atoms with Gasteiger partial charge in [0, 0.05) is 6.42 Å². The summed E-state index contributed by atoms with van der Waals surface area (Å²) in [6.07, 6.45) is 0.136. The molecule has 0 rings (SSSR count). The standard InChI is InChI=1S/C8H14O4/c1-5(2)6(8(11)12)3-4-7(9)10/h5-6H,3-4H2,1-2H3,(H,9,10)(H,11,12)/t6-/m0/s1. The lowest BCUT2D eigenvalue weighted by Crippen LogP contribution is -2.20. The molecule has 12 heavy (non-hydrogen) atoms. The zero-order valence-corrected chi connectivity index (χ0v) is 7.28. The normalized spacial score (nSPS) is 12.9. The quantitative estimate of drug-likeness (QED) is 0.656. The summed E-state index contributed by atoms with van der Waals surface area (Å²) >= 11 is 0. The summed E-state index contributed by atoms with van der Waals surface area (Å²) < 4.78 is 0. The Morgan fingerprint density at radius 3 is 2.00 bits per heavy atom. The summed E-state index contributed by atoms with van der Waals surface area (Å²) in [6.45, 7) is 3.56. The van der Waals surface area contributed by atoms with E-state index in [1.807, 2.05) is 0 Å². The molecule has 0 saturated carbocycles. The predicted octanol–water partition coefficient (Wildman–Crippen LogP) is 1.21. The van der Waals surface area contributed by atoms with Gasteiger partial charge in [-0.05, 0) is 12.3 Å². The third-order valence-electron chi connectivity index (χ3n) is 1.79. The third-order valence-corrected chi connectivity index (χ3v) is 1.79. The second-order valence-electron chi connectivity index (χ2n) is 3.12. The van der Waals surface area contributed by atoms with Gasteiger partial charge in [0.1, 0.15) is 0 Å². The zero-order chi connectivity index (χ0) is 9.72. The lowest BCUT2D eigenvalue weighted by atomic mass is 9.91. The summed E-state index contributed by atoms with van der Waals surface area (Å²) in [6, 6.07) is 0. The van der Waals surface area contributed by atoms with E-state index >= 15 is 0 Å². The van der Waals surface area contributed by atoms with E-state index in [2.05, 4.69) is 0 Å². The van der Waals surface area contributed by atoms with Crippen LogP contribution in [0.4, 0.5) is 0 Å². The van der Waals surface area contributed by atoms with Gasteiger partial charge in [-0.1, -0.05) is 13.8 Å². The molecule has 0 heterocycles. The summed E-state index contributed by atoms with van der Waals surface area (Å²) in [5.74, 6) is -2.41. The average Bonchev–Trinajstić information content (AvgIpc) is 1.84. The summed E-state index contributed by atoms with van der Waals surface area (Å²) in [5.41, 5.74) is 0. The Balaban J connectivity index is 3.97. The smallest absolute Gasteiger partial charge is 0.306 e. The van der Waals surface area contributed by atoms with Gasteiger partial charge >= 0.3 is 11.9 Å². The number of hydrogen-bond acceptors (Lipinski definition) is 2. The minimum atomic E-state index is -0.943. The number of rotatable bonds is 5. The maximum atomic E-state index is 10.6. The topological polar surface area (TPSA) is 74.6 Å². The van der Waals surface area contributed by atoms with Gasteiger partial charge in [0.2, 0.25) is 0 Å². The minimum absolute atomic E-state index is 0.0122. The molecule has 0 aliphatic carbocycles. The van der Waals surface area contributed by atoms with E-state index in [4.69, 9.17) is 10.2 Å². The molecule has 0 radical (unpaired) electrons. The number of carbonyl (C=O) groups is 2. The van der Waals surface area contributed by atoms with E-state index < -0.39 is 17.9 Å². The molecule has 0 unspecified atom stereocenters. The van der Waals surface area contributed by atoms with Crippen LogP contribution in [0, 0.1) is 11.8 Å². The molecule has 4 heteroatoms. The maximum absolute atomic E-state index is 10.6. The average molecular weight is 174 g/mol. The molecule has 0 amide bonds. The van der Waals surface area contributed by atoms with E-state index in [9.17, 15) is 9.59 Å². The van der Waals surface area contributed by atoms with Crippen molar-refractivity contribution in [2.45, 2.75) is 26.7 Å². The van der Waals surface area contributed by atoms with Crippen LogP contribution >= 0.6 is 0 Å². The van der Waals surface area contributed by atoms with Crippen LogP contribution in [0.25, 0.3) is 0 Å². The molecule has 1 atom stereocenters. The van der Waals surface area contributed by atoms with E-state index in [0.717, 1.165) is 0 Å². The molecule has 0 aliphatic rings. The van der Waals surface area contributed by atoms with Crippen LogP contribution in [0.1, 0.15) is 26.7 Å². The third kappa shape index (κ3) is 3.95. The first kappa shape index (κ1) is 10.9. The van der Waals surface area contributed by atoms with Gasteiger partial charge in [-0.3, -0.25) is 9.59 Å². The van der Waals surface area contributed by atoms with Gasteiger partial charge in [-0.15, -0.1) is 0 Å². The van der Waals surface area contributed by atoms with Crippen molar-refractivity contribution < 1.29 is 19.8 Å². The van der Waals surface area contributed by atoms with Crippen LogP contribution in [0.15, 0.2) is 0 Å². The van der Waals surface area contributed by atoms with Crippen molar-refractivity contribution in [2.75, 3.05) is 0 Å². The Kier molecular flexibility index (Phi) is 4.33. The molecule has 0 saturated heterocycles. The maximum Gasteiger partial charge on any atom is 0.306 e. The minimum Gasteiger partial charge on any atom is -0.481 e. The van der Waals surface area contributed by atoms with E-state index in [0.29, 0.717) is 0 Å². The Morgan fingerprint density at radius 2 is 1.75 bits per heavy atom. The molecular weight excluding hydrogens is 160 g/mol. The van der Waals surface area contributed by atoms with Crippen LogP contribution in [0.3, 0.4) is 0 Å². The highest BCUT2D eigenvalue weighted by Crippen LogP contribution is 2.16. The number of carboxylic acids is 2. The fourth-order valence-corrected chi connectivity index (χ4v) is 1.02. The first-order valence-corrected chi connectivity index (χ1v) is 3.89. The first-order chi connectivity index (χ1) is 5.45. The fraction of sp³-hybridized carbons (Fsp3) is 0.750. The summed E-state index contributed by atoms with van der Waals surface area (Å²) in [7, 11) is 0. The van der Waals surface area contributed by atoms with Crippen LogP contribution < -0.4 is 0 Å². The van der Waals surface area contributed by atoms with Gasteiger partial charge in [0.05, 0.1) is 5.92 Å². The molecule has 70 valence electrons. The lowest BCUT2D eigenvalue weighted by molar-refractivity contribution is -0.144. The highest BCUT2D eigenvalue weighted by atomic mass is 16.4. The monoisotopic (exact) mass is 174 g/mol. The van der Waals surface area contributed by atoms with E-state index in [-0.39, 0.29) is 18.8 Å². The van der Waals surface area contributed by atoms with Crippen molar-refractivity contribution in [1.82, 2.24) is 0 Å². The second kappa shape index (κ2) is 4.74. The van der Waals surface area contributed by atoms with Crippen LogP contribution in [-0.4, -0.2) is 22.2 Å². The Bertz CT molecular complexity index is 174. The van der Waals surface area contributed by atoms with Crippen molar-refractivity contribution in [3.05, 3.63) is 0 Å². The molecule has 0 aromatic rings. The molecule has 4 nitrogen and oxygen atoms in total. The Labute approximate surface area is 71.2 Å². The fourth-order valence-electron chi connectivity index (χ4n) is 1.02. The second-order valence-corrected chi connectivity index (χ2v) is 3.12. The van der Waals surface area contributed by atoms with Crippen LogP contribution in [0.2, 0.25) is 0 Å². The number of hydrogen-bond donors (Lipinski definition) is 2. The summed E-state index contributed by atoms with van der Waals surface area (Å²) in [5, 5.41) is 17.0. The zero-order valence-electron chi connectivity index (χ0n) is 7.28. The molecule has 2 N–H and O–H groups in total. The lowest BCUT2D eigenvalue weighted by Gasteiger charge is -2.14. The van der Waals surface area contributed by atoms with E-state index in [1.54, 1.807) is 13.8 Å². The highest BCUT2D eigenvalue weighted by Gasteiger charge is 2.21. The first-order valence-electron chi connectivity index (χ1n) is 3.89. The largest absolute Gasteiger partial charge is 0.481 e. The predicted molar refractivity (Wildman–Crippen MR) is 42.8 cm³/mol. The molecule has 0 aliphatic heterocycles. The molecule has 0 spiro atoms. The molecule has 0 bridgehead atoms. The van der Waals surface area contributed by atoms with Crippen LogP contribution in [-0.2, 0) is 9.59 Å².